The zero-order valence-corrected chi connectivity index (χ0v) is 13.6. The Hall–Kier alpha value is -3.08. The number of carbonyl (C=O) groups is 1. The van der Waals surface area contributed by atoms with Crippen LogP contribution in [-0.4, -0.2) is 12.5 Å². The van der Waals surface area contributed by atoms with Crippen LogP contribution >= 0.6 is 0 Å². The Labute approximate surface area is 139 Å². The van der Waals surface area contributed by atoms with Gasteiger partial charge >= 0.3 is 0 Å². The standard InChI is InChI=1S/C19H18N2O3/c1-3-23-15-9-6-13-10-16(18(20)22)19(24-17(13)11-15)21-14-7-4-12(2)5-8-14/h4-11H,3H2,1-2H3,(H2,20,22). The summed E-state index contributed by atoms with van der Waals surface area (Å²) in [6.07, 6.45) is 0. The van der Waals surface area contributed by atoms with Crippen LogP contribution in [0.25, 0.3) is 11.0 Å². The van der Waals surface area contributed by atoms with E-state index in [0.717, 1.165) is 10.9 Å². The van der Waals surface area contributed by atoms with Gasteiger partial charge in [-0.3, -0.25) is 4.79 Å². The van der Waals surface area contributed by atoms with Crippen molar-refractivity contribution in [3.05, 3.63) is 65.2 Å². The molecule has 2 aromatic carbocycles. The van der Waals surface area contributed by atoms with Gasteiger partial charge in [0, 0.05) is 11.5 Å². The van der Waals surface area contributed by atoms with Gasteiger partial charge in [0.15, 0.2) is 0 Å². The first-order valence-corrected chi connectivity index (χ1v) is 7.68. The van der Waals surface area contributed by atoms with E-state index in [2.05, 4.69) is 4.99 Å². The Bertz CT molecular complexity index is 957. The molecule has 0 spiro atoms. The Kier molecular flexibility index (Phi) is 4.33. The number of hydrogen-bond acceptors (Lipinski definition) is 4. The molecule has 0 unspecified atom stereocenters. The summed E-state index contributed by atoms with van der Waals surface area (Å²) in [5, 5.41) is 0.759. The molecule has 3 aromatic rings. The van der Waals surface area contributed by atoms with Gasteiger partial charge in [-0.05, 0) is 44.2 Å². The fourth-order valence-electron chi connectivity index (χ4n) is 2.35. The third-order valence-corrected chi connectivity index (χ3v) is 3.56. The highest BCUT2D eigenvalue weighted by molar-refractivity contribution is 5.95. The van der Waals surface area contributed by atoms with E-state index in [4.69, 9.17) is 14.9 Å². The largest absolute Gasteiger partial charge is 0.494 e. The highest BCUT2D eigenvalue weighted by Gasteiger charge is 2.10. The molecule has 0 radical (unpaired) electrons. The van der Waals surface area contributed by atoms with E-state index in [0.29, 0.717) is 23.6 Å². The number of rotatable bonds is 4. The van der Waals surface area contributed by atoms with E-state index in [-0.39, 0.29) is 11.1 Å². The summed E-state index contributed by atoms with van der Waals surface area (Å²) in [5.74, 6) is 0.113. The van der Waals surface area contributed by atoms with Crippen LogP contribution in [0.2, 0.25) is 0 Å². The van der Waals surface area contributed by atoms with E-state index in [1.165, 1.54) is 0 Å². The van der Waals surface area contributed by atoms with E-state index in [9.17, 15) is 4.79 Å². The maximum Gasteiger partial charge on any atom is 0.254 e. The molecular weight excluding hydrogens is 304 g/mol. The molecular formula is C19H18N2O3. The zero-order chi connectivity index (χ0) is 17.1. The van der Waals surface area contributed by atoms with Crippen molar-refractivity contribution in [3.63, 3.8) is 0 Å². The van der Waals surface area contributed by atoms with Crippen molar-refractivity contribution in [2.75, 3.05) is 6.61 Å². The van der Waals surface area contributed by atoms with Gasteiger partial charge in [0.2, 0.25) is 5.55 Å². The van der Waals surface area contributed by atoms with E-state index < -0.39 is 5.91 Å². The number of fused-ring (bicyclic) bond motifs is 1. The fraction of sp³-hybridized carbons (Fsp3) is 0.158. The summed E-state index contributed by atoms with van der Waals surface area (Å²) >= 11 is 0. The van der Waals surface area contributed by atoms with Crippen molar-refractivity contribution in [2.45, 2.75) is 13.8 Å². The summed E-state index contributed by atoms with van der Waals surface area (Å²) < 4.78 is 11.3. The summed E-state index contributed by atoms with van der Waals surface area (Å²) in [6, 6.07) is 14.7. The smallest absolute Gasteiger partial charge is 0.254 e. The highest BCUT2D eigenvalue weighted by Crippen LogP contribution is 2.21. The average Bonchev–Trinajstić information content (AvgIpc) is 2.56. The number of nitrogens with two attached hydrogens (primary N) is 1. The minimum absolute atomic E-state index is 0.188. The molecule has 1 amide bonds. The SMILES string of the molecule is CCOc1ccc2cc(C(N)=O)c(=Nc3ccc(C)cc3)oc2c1. The van der Waals surface area contributed by atoms with Gasteiger partial charge in [-0.25, -0.2) is 4.99 Å². The monoisotopic (exact) mass is 322 g/mol. The van der Waals surface area contributed by atoms with Crippen molar-refractivity contribution in [1.29, 1.82) is 0 Å². The molecule has 1 aromatic heterocycles. The van der Waals surface area contributed by atoms with Gasteiger partial charge < -0.3 is 14.9 Å². The first-order chi connectivity index (χ1) is 11.6. The zero-order valence-electron chi connectivity index (χ0n) is 13.6. The van der Waals surface area contributed by atoms with Crippen LogP contribution in [0.5, 0.6) is 5.75 Å². The van der Waals surface area contributed by atoms with Crippen molar-refractivity contribution < 1.29 is 13.9 Å². The van der Waals surface area contributed by atoms with Gasteiger partial charge in [-0.2, -0.15) is 0 Å². The quantitative estimate of drug-likeness (QED) is 0.799. The Morgan fingerprint density at radius 1 is 1.17 bits per heavy atom. The van der Waals surface area contributed by atoms with Crippen LogP contribution in [0.1, 0.15) is 22.8 Å². The minimum atomic E-state index is -0.583. The second kappa shape index (κ2) is 6.58. The summed E-state index contributed by atoms with van der Waals surface area (Å²) in [7, 11) is 0. The predicted molar refractivity (Wildman–Crippen MR) is 92.3 cm³/mol. The second-order valence-corrected chi connectivity index (χ2v) is 5.41. The summed E-state index contributed by atoms with van der Waals surface area (Å²) in [6.45, 7) is 4.47. The van der Waals surface area contributed by atoms with Crippen LogP contribution in [0, 0.1) is 6.92 Å². The Morgan fingerprint density at radius 3 is 2.58 bits per heavy atom. The van der Waals surface area contributed by atoms with Crippen LogP contribution < -0.4 is 16.0 Å². The summed E-state index contributed by atoms with van der Waals surface area (Å²) in [5.41, 5.74) is 8.30. The summed E-state index contributed by atoms with van der Waals surface area (Å²) in [4.78, 5) is 16.2. The maximum absolute atomic E-state index is 11.8. The highest BCUT2D eigenvalue weighted by atomic mass is 16.5. The topological polar surface area (TPSA) is 77.8 Å². The van der Waals surface area contributed by atoms with Crippen LogP contribution in [-0.2, 0) is 0 Å². The molecule has 0 fully saturated rings. The first kappa shape index (κ1) is 15.8. The second-order valence-electron chi connectivity index (χ2n) is 5.41. The van der Waals surface area contributed by atoms with Gasteiger partial charge in [0.05, 0.1) is 12.3 Å². The lowest BCUT2D eigenvalue weighted by molar-refractivity contribution is 0.0996. The molecule has 5 nitrogen and oxygen atoms in total. The average molecular weight is 322 g/mol. The van der Waals surface area contributed by atoms with Crippen LogP contribution in [0.4, 0.5) is 5.69 Å². The minimum Gasteiger partial charge on any atom is -0.494 e. The number of benzene rings is 2. The van der Waals surface area contributed by atoms with Crippen molar-refractivity contribution in [2.24, 2.45) is 10.7 Å². The molecule has 0 bridgehead atoms. The molecule has 0 aliphatic heterocycles. The van der Waals surface area contributed by atoms with Gasteiger partial charge in [-0.15, -0.1) is 0 Å². The number of hydrogen-bond donors (Lipinski definition) is 1. The molecule has 5 heteroatoms. The van der Waals surface area contributed by atoms with Crippen molar-refractivity contribution in [1.82, 2.24) is 0 Å². The molecule has 0 saturated heterocycles. The number of aryl methyl sites for hydroxylation is 1. The molecule has 3 rings (SSSR count). The number of carbonyl (C=O) groups excluding carboxylic acids is 1. The van der Waals surface area contributed by atoms with Crippen LogP contribution in [0.15, 0.2) is 57.9 Å². The predicted octanol–water partition coefficient (Wildman–Crippen LogP) is 3.47. The molecule has 2 N–H and O–H groups in total. The van der Waals surface area contributed by atoms with Crippen molar-refractivity contribution in [3.8, 4) is 5.75 Å². The van der Waals surface area contributed by atoms with Gasteiger partial charge in [0.1, 0.15) is 16.9 Å². The first-order valence-electron chi connectivity index (χ1n) is 7.68. The molecule has 24 heavy (non-hydrogen) atoms. The lowest BCUT2D eigenvalue weighted by Crippen LogP contribution is -2.21. The lowest BCUT2D eigenvalue weighted by atomic mass is 10.1. The molecule has 122 valence electrons. The van der Waals surface area contributed by atoms with Crippen molar-refractivity contribution >= 4 is 22.6 Å². The van der Waals surface area contributed by atoms with E-state index in [1.807, 2.05) is 50.2 Å². The molecule has 0 atom stereocenters. The number of nitrogens with zero attached hydrogens (tertiary/aromatic N) is 1. The van der Waals surface area contributed by atoms with Gasteiger partial charge in [0.25, 0.3) is 5.91 Å². The molecule has 0 aliphatic carbocycles. The number of amides is 1. The Balaban J connectivity index is 2.21. The van der Waals surface area contributed by atoms with E-state index in [1.54, 1.807) is 12.1 Å². The molecule has 0 saturated carbocycles. The lowest BCUT2D eigenvalue weighted by Gasteiger charge is -2.05. The third kappa shape index (κ3) is 3.30. The Morgan fingerprint density at radius 2 is 1.92 bits per heavy atom. The molecule has 0 aliphatic rings. The van der Waals surface area contributed by atoms with E-state index >= 15 is 0 Å². The normalized spacial score (nSPS) is 11.7. The van der Waals surface area contributed by atoms with Gasteiger partial charge in [-0.1, -0.05) is 17.7 Å². The molecule has 1 heterocycles. The maximum atomic E-state index is 11.8. The fourth-order valence-corrected chi connectivity index (χ4v) is 2.35. The van der Waals surface area contributed by atoms with Crippen LogP contribution in [0.3, 0.4) is 0 Å². The number of ether oxygens (including phenoxy) is 1. The third-order valence-electron chi connectivity index (χ3n) is 3.56. The number of primary amides is 1.